The summed E-state index contributed by atoms with van der Waals surface area (Å²) in [7, 11) is 2.12. The van der Waals surface area contributed by atoms with Gasteiger partial charge >= 0.3 is 0 Å². The van der Waals surface area contributed by atoms with E-state index in [1.165, 1.54) is 0 Å². The van der Waals surface area contributed by atoms with Gasteiger partial charge in [-0.2, -0.15) is 0 Å². The number of aliphatic hydroxyl groups excluding tert-OH is 1. The van der Waals surface area contributed by atoms with Gasteiger partial charge in [0.2, 0.25) is 5.91 Å². The highest BCUT2D eigenvalue weighted by Crippen LogP contribution is 2.39. The normalized spacial score (nSPS) is 25.2. The Hall–Kier alpha value is -1.10. The lowest BCUT2D eigenvalue weighted by atomic mass is 9.84. The van der Waals surface area contributed by atoms with Crippen LogP contribution < -0.4 is 0 Å². The maximum absolute atomic E-state index is 13.1. The molecular formula is C19H27ClN2O2. The second kappa shape index (κ2) is 7.03. The zero-order chi connectivity index (χ0) is 17.3. The molecule has 3 rings (SSSR count). The minimum Gasteiger partial charge on any atom is -0.391 e. The van der Waals surface area contributed by atoms with Gasteiger partial charge in [0.1, 0.15) is 0 Å². The van der Waals surface area contributed by atoms with Crippen molar-refractivity contribution in [1.82, 2.24) is 9.80 Å². The molecule has 1 N–H and O–H groups in total. The Kier molecular flexibility index (Phi) is 5.19. The van der Waals surface area contributed by atoms with Crippen LogP contribution in [0.3, 0.4) is 0 Å². The highest BCUT2D eigenvalue weighted by molar-refractivity contribution is 6.31. The minimum absolute atomic E-state index is 0.133. The predicted octanol–water partition coefficient (Wildman–Crippen LogP) is 2.58. The van der Waals surface area contributed by atoms with Gasteiger partial charge in [0, 0.05) is 36.1 Å². The highest BCUT2D eigenvalue weighted by Gasteiger charge is 2.49. The number of piperidine rings is 1. The number of halogens is 1. The SMILES string of the molecule is CC(Cc1ccccc1Cl)C(=O)N1CC(O)CC12CCN(C)CC2. The molecule has 1 aromatic rings. The number of benzene rings is 1. The average Bonchev–Trinajstić information content (AvgIpc) is 2.88. The number of β-amino-alcohol motifs (C(OH)–C–C–N with tert-alkyl or cyclic N) is 1. The van der Waals surface area contributed by atoms with E-state index in [1.807, 2.05) is 36.1 Å². The Balaban J connectivity index is 1.74. The van der Waals surface area contributed by atoms with Gasteiger partial charge in [-0.15, -0.1) is 0 Å². The standard InChI is InChI=1S/C19H27ClN2O2/c1-14(11-15-5-3-4-6-17(15)20)18(24)22-13-16(23)12-19(22)7-9-21(2)10-8-19/h3-6,14,16,23H,7-13H2,1-2H3. The molecule has 2 aliphatic heterocycles. The third-order valence-electron chi connectivity index (χ3n) is 5.67. The second-order valence-electron chi connectivity index (χ2n) is 7.53. The van der Waals surface area contributed by atoms with Gasteiger partial charge in [0.05, 0.1) is 6.10 Å². The van der Waals surface area contributed by atoms with Gasteiger partial charge in [0.25, 0.3) is 0 Å². The van der Waals surface area contributed by atoms with Crippen molar-refractivity contribution in [2.45, 2.75) is 44.2 Å². The van der Waals surface area contributed by atoms with Crippen molar-refractivity contribution in [3.8, 4) is 0 Å². The maximum Gasteiger partial charge on any atom is 0.226 e. The van der Waals surface area contributed by atoms with E-state index in [1.54, 1.807) is 0 Å². The van der Waals surface area contributed by atoms with Gasteiger partial charge in [-0.3, -0.25) is 4.79 Å². The Morgan fingerprint density at radius 1 is 1.38 bits per heavy atom. The van der Waals surface area contributed by atoms with Crippen molar-refractivity contribution in [1.29, 1.82) is 0 Å². The third kappa shape index (κ3) is 3.46. The maximum atomic E-state index is 13.1. The molecule has 0 saturated carbocycles. The Bertz CT molecular complexity index is 599. The fraction of sp³-hybridized carbons (Fsp3) is 0.632. The molecule has 2 aliphatic rings. The Morgan fingerprint density at radius 2 is 2.04 bits per heavy atom. The summed E-state index contributed by atoms with van der Waals surface area (Å²) in [6, 6.07) is 7.71. The van der Waals surface area contributed by atoms with E-state index >= 15 is 0 Å². The first-order valence-corrected chi connectivity index (χ1v) is 9.20. The molecule has 0 bridgehead atoms. The molecule has 0 radical (unpaired) electrons. The summed E-state index contributed by atoms with van der Waals surface area (Å²) in [6.45, 7) is 4.40. The first-order chi connectivity index (χ1) is 11.4. The van der Waals surface area contributed by atoms with E-state index in [2.05, 4.69) is 11.9 Å². The highest BCUT2D eigenvalue weighted by atomic mass is 35.5. The average molecular weight is 351 g/mol. The third-order valence-corrected chi connectivity index (χ3v) is 6.04. The van der Waals surface area contributed by atoms with Crippen LogP contribution in [0.5, 0.6) is 0 Å². The number of hydrogen-bond donors (Lipinski definition) is 1. The number of carbonyl (C=O) groups excluding carboxylic acids is 1. The second-order valence-corrected chi connectivity index (χ2v) is 7.94. The number of likely N-dealkylation sites (tertiary alicyclic amines) is 2. The molecule has 0 aromatic heterocycles. The van der Waals surface area contributed by atoms with Crippen molar-refractivity contribution >= 4 is 17.5 Å². The molecule has 2 heterocycles. The fourth-order valence-electron chi connectivity index (χ4n) is 4.20. The van der Waals surface area contributed by atoms with E-state index in [4.69, 9.17) is 11.6 Å². The number of aliphatic hydroxyl groups is 1. The number of rotatable bonds is 3. The van der Waals surface area contributed by atoms with Crippen LogP contribution >= 0.6 is 11.6 Å². The van der Waals surface area contributed by atoms with Crippen LogP contribution in [0.15, 0.2) is 24.3 Å². The van der Waals surface area contributed by atoms with Crippen LogP contribution in [0.25, 0.3) is 0 Å². The van der Waals surface area contributed by atoms with Crippen LogP contribution in [-0.2, 0) is 11.2 Å². The Labute approximate surface area is 149 Å². The van der Waals surface area contributed by atoms with Crippen LogP contribution in [0.1, 0.15) is 31.7 Å². The van der Waals surface area contributed by atoms with Crippen molar-refractivity contribution in [3.63, 3.8) is 0 Å². The van der Waals surface area contributed by atoms with E-state index < -0.39 is 6.10 Å². The number of nitrogens with zero attached hydrogens (tertiary/aromatic N) is 2. The van der Waals surface area contributed by atoms with Crippen molar-refractivity contribution in [2.24, 2.45) is 5.92 Å². The molecule has 4 nitrogen and oxygen atoms in total. The summed E-state index contributed by atoms with van der Waals surface area (Å²) >= 11 is 6.24. The molecule has 1 amide bonds. The number of hydrogen-bond acceptors (Lipinski definition) is 3. The molecule has 1 aromatic carbocycles. The number of amides is 1. The monoisotopic (exact) mass is 350 g/mol. The summed E-state index contributed by atoms with van der Waals surface area (Å²) in [4.78, 5) is 17.4. The zero-order valence-electron chi connectivity index (χ0n) is 14.5. The van der Waals surface area contributed by atoms with Crippen molar-refractivity contribution < 1.29 is 9.90 Å². The smallest absolute Gasteiger partial charge is 0.226 e. The van der Waals surface area contributed by atoms with Crippen LogP contribution in [0.4, 0.5) is 0 Å². The lowest BCUT2D eigenvalue weighted by Gasteiger charge is -2.44. The molecule has 0 aliphatic carbocycles. The van der Waals surface area contributed by atoms with Crippen LogP contribution in [0.2, 0.25) is 5.02 Å². The van der Waals surface area contributed by atoms with Crippen molar-refractivity contribution in [2.75, 3.05) is 26.7 Å². The first kappa shape index (κ1) is 17.7. The molecule has 1 spiro atoms. The summed E-state index contributed by atoms with van der Waals surface area (Å²) in [5.74, 6) is 0.0164. The summed E-state index contributed by atoms with van der Waals surface area (Å²) in [5.41, 5.74) is 0.856. The molecule has 2 saturated heterocycles. The molecule has 132 valence electrons. The molecule has 2 atom stereocenters. The lowest BCUT2D eigenvalue weighted by molar-refractivity contribution is -0.141. The molecule has 24 heavy (non-hydrogen) atoms. The van der Waals surface area contributed by atoms with Crippen molar-refractivity contribution in [3.05, 3.63) is 34.9 Å². The van der Waals surface area contributed by atoms with Crippen LogP contribution in [-0.4, -0.2) is 59.1 Å². The fourth-order valence-corrected chi connectivity index (χ4v) is 4.41. The molecular weight excluding hydrogens is 324 g/mol. The largest absolute Gasteiger partial charge is 0.391 e. The summed E-state index contributed by atoms with van der Waals surface area (Å²) in [6.07, 6.45) is 2.85. The quantitative estimate of drug-likeness (QED) is 0.911. The zero-order valence-corrected chi connectivity index (χ0v) is 15.3. The molecule has 2 fully saturated rings. The summed E-state index contributed by atoms with van der Waals surface area (Å²) in [5, 5.41) is 10.9. The number of carbonyl (C=O) groups is 1. The predicted molar refractivity (Wildman–Crippen MR) is 96.1 cm³/mol. The molecule has 5 heteroatoms. The molecule has 2 unspecified atom stereocenters. The van der Waals surface area contributed by atoms with Gasteiger partial charge in [0.15, 0.2) is 0 Å². The van der Waals surface area contributed by atoms with E-state index in [0.717, 1.165) is 31.5 Å². The van der Waals surface area contributed by atoms with E-state index in [-0.39, 0.29) is 17.4 Å². The van der Waals surface area contributed by atoms with Gasteiger partial charge in [-0.05, 0) is 44.4 Å². The van der Waals surface area contributed by atoms with Gasteiger partial charge in [-0.25, -0.2) is 0 Å². The van der Waals surface area contributed by atoms with Gasteiger partial charge in [-0.1, -0.05) is 36.7 Å². The van der Waals surface area contributed by atoms with Crippen LogP contribution in [0, 0.1) is 5.92 Å². The minimum atomic E-state index is -0.398. The van der Waals surface area contributed by atoms with Gasteiger partial charge < -0.3 is 14.9 Å². The topological polar surface area (TPSA) is 43.8 Å². The van der Waals surface area contributed by atoms with E-state index in [9.17, 15) is 9.90 Å². The van der Waals surface area contributed by atoms with E-state index in [0.29, 0.717) is 24.4 Å². The Morgan fingerprint density at radius 3 is 2.71 bits per heavy atom. The first-order valence-electron chi connectivity index (χ1n) is 8.83. The lowest BCUT2D eigenvalue weighted by Crippen LogP contribution is -2.54. The summed E-state index contributed by atoms with van der Waals surface area (Å²) < 4.78 is 0.